The van der Waals surface area contributed by atoms with Gasteiger partial charge in [0.2, 0.25) is 0 Å². The minimum atomic E-state index is 0.622. The van der Waals surface area contributed by atoms with E-state index >= 15 is 0 Å². The lowest BCUT2D eigenvalue weighted by Crippen LogP contribution is -2.00. The van der Waals surface area contributed by atoms with Gasteiger partial charge in [-0.2, -0.15) is 0 Å². The number of aromatic nitrogens is 3. The average molecular weight is 676 g/mol. The Morgan fingerprint density at radius 1 is 0.283 bits per heavy atom. The van der Waals surface area contributed by atoms with Crippen LogP contribution in [0.5, 0.6) is 0 Å². The van der Waals surface area contributed by atoms with Gasteiger partial charge < -0.3 is 4.42 Å². The molecule has 0 aliphatic heterocycles. The highest BCUT2D eigenvalue weighted by Crippen LogP contribution is 2.37. The van der Waals surface area contributed by atoms with Crippen molar-refractivity contribution in [3.05, 3.63) is 176 Å². The summed E-state index contributed by atoms with van der Waals surface area (Å²) in [6, 6.07) is 61.8. The largest absolute Gasteiger partial charge is 0.456 e. The van der Waals surface area contributed by atoms with Gasteiger partial charge in [-0.1, -0.05) is 133 Å². The van der Waals surface area contributed by atoms with Crippen LogP contribution in [0.3, 0.4) is 0 Å². The standard InChI is InChI=1S/C49H29N3O/c1-2-10-30(11-3-1)43-28-38(24-34-13-5-7-15-40(34)43)49-51-47(35-23-21-33-29-46-44(27-37(33)25-35)41-16-8-9-17-45(41)53-46)50-48(52-49)36-22-20-32-19-18-31-12-4-6-14-39(31)42(32)26-36/h1-29H. The van der Waals surface area contributed by atoms with Crippen LogP contribution in [0.1, 0.15) is 0 Å². The van der Waals surface area contributed by atoms with Gasteiger partial charge in [0.1, 0.15) is 11.2 Å². The Bertz CT molecular complexity index is 3240. The molecule has 0 aliphatic carbocycles. The molecule has 2 aromatic heterocycles. The first kappa shape index (κ1) is 29.5. The topological polar surface area (TPSA) is 51.8 Å². The molecule has 0 saturated carbocycles. The summed E-state index contributed by atoms with van der Waals surface area (Å²) in [4.78, 5) is 15.6. The van der Waals surface area contributed by atoms with E-state index < -0.39 is 0 Å². The predicted octanol–water partition coefficient (Wildman–Crippen LogP) is 13.1. The summed E-state index contributed by atoms with van der Waals surface area (Å²) < 4.78 is 6.20. The van der Waals surface area contributed by atoms with E-state index in [1.54, 1.807) is 0 Å². The first-order chi connectivity index (χ1) is 26.2. The average Bonchev–Trinajstić information content (AvgIpc) is 3.59. The zero-order chi connectivity index (χ0) is 34.9. The lowest BCUT2D eigenvalue weighted by Gasteiger charge is -2.13. The Kier molecular flexibility index (Phi) is 6.52. The van der Waals surface area contributed by atoms with Crippen molar-refractivity contribution in [2.45, 2.75) is 0 Å². The fourth-order valence-electron chi connectivity index (χ4n) is 7.81. The van der Waals surface area contributed by atoms with E-state index in [1.807, 2.05) is 12.1 Å². The molecule has 0 unspecified atom stereocenters. The second-order valence-electron chi connectivity index (χ2n) is 13.6. The maximum atomic E-state index is 6.20. The van der Waals surface area contributed by atoms with Crippen LogP contribution >= 0.6 is 0 Å². The smallest absolute Gasteiger partial charge is 0.164 e. The monoisotopic (exact) mass is 675 g/mol. The van der Waals surface area contributed by atoms with E-state index in [0.717, 1.165) is 65.9 Å². The molecule has 0 radical (unpaired) electrons. The Morgan fingerprint density at radius 3 is 1.68 bits per heavy atom. The minimum Gasteiger partial charge on any atom is -0.456 e. The molecule has 0 fully saturated rings. The van der Waals surface area contributed by atoms with Crippen LogP contribution in [-0.4, -0.2) is 15.0 Å². The molecule has 4 heteroatoms. The number of furan rings is 1. The summed E-state index contributed by atoms with van der Waals surface area (Å²) in [5, 5.41) is 11.5. The Hall–Kier alpha value is -7.17. The Morgan fingerprint density at radius 2 is 0.868 bits per heavy atom. The molecule has 11 rings (SSSR count). The van der Waals surface area contributed by atoms with Gasteiger partial charge in [0.15, 0.2) is 17.5 Å². The fourth-order valence-corrected chi connectivity index (χ4v) is 7.81. The lowest BCUT2D eigenvalue weighted by molar-refractivity contribution is 0.669. The SMILES string of the molecule is c1ccc(-c2cc(-c3nc(-c4ccc5cc6oc7ccccc7c6cc5c4)nc(-c4ccc5ccc6ccccc6c5c4)n3)cc3ccccc23)cc1. The molecule has 0 atom stereocenters. The molecule has 53 heavy (non-hydrogen) atoms. The highest BCUT2D eigenvalue weighted by molar-refractivity contribution is 6.11. The van der Waals surface area contributed by atoms with Crippen LogP contribution in [0.25, 0.3) is 110 Å². The maximum Gasteiger partial charge on any atom is 0.164 e. The van der Waals surface area contributed by atoms with Crippen molar-refractivity contribution >= 4 is 65.0 Å². The second kappa shape index (κ2) is 11.7. The van der Waals surface area contributed by atoms with Crippen LogP contribution in [0.15, 0.2) is 180 Å². The van der Waals surface area contributed by atoms with Gasteiger partial charge in [-0.15, -0.1) is 0 Å². The molecule has 0 aliphatic rings. The zero-order valence-corrected chi connectivity index (χ0v) is 28.5. The molecule has 0 saturated heterocycles. The van der Waals surface area contributed by atoms with E-state index in [2.05, 4.69) is 164 Å². The van der Waals surface area contributed by atoms with E-state index in [1.165, 1.54) is 26.9 Å². The molecule has 246 valence electrons. The third-order valence-electron chi connectivity index (χ3n) is 10.4. The van der Waals surface area contributed by atoms with Crippen molar-refractivity contribution in [3.8, 4) is 45.3 Å². The van der Waals surface area contributed by atoms with Crippen LogP contribution < -0.4 is 0 Å². The third-order valence-corrected chi connectivity index (χ3v) is 10.4. The number of rotatable bonds is 4. The molecule has 11 aromatic rings. The van der Waals surface area contributed by atoms with Gasteiger partial charge in [0.25, 0.3) is 0 Å². The summed E-state index contributed by atoms with van der Waals surface area (Å²) in [5.74, 6) is 1.88. The van der Waals surface area contributed by atoms with Crippen molar-refractivity contribution in [1.29, 1.82) is 0 Å². The van der Waals surface area contributed by atoms with Gasteiger partial charge >= 0.3 is 0 Å². The number of benzene rings is 9. The first-order valence-electron chi connectivity index (χ1n) is 17.8. The van der Waals surface area contributed by atoms with Crippen molar-refractivity contribution in [3.63, 3.8) is 0 Å². The normalized spacial score (nSPS) is 11.8. The highest BCUT2D eigenvalue weighted by Gasteiger charge is 2.17. The van der Waals surface area contributed by atoms with Gasteiger partial charge in [0.05, 0.1) is 0 Å². The lowest BCUT2D eigenvalue weighted by atomic mass is 9.95. The molecule has 2 heterocycles. The fraction of sp³-hybridized carbons (Fsp3) is 0. The summed E-state index contributed by atoms with van der Waals surface area (Å²) in [7, 11) is 0. The Balaban J connectivity index is 1.15. The molecule has 0 amide bonds. The molecule has 9 aromatic carbocycles. The van der Waals surface area contributed by atoms with E-state index in [-0.39, 0.29) is 0 Å². The van der Waals surface area contributed by atoms with Gasteiger partial charge in [-0.25, -0.2) is 15.0 Å². The maximum absolute atomic E-state index is 6.20. The third kappa shape index (κ3) is 4.95. The summed E-state index contributed by atoms with van der Waals surface area (Å²) in [6.45, 7) is 0. The number of hydrogen-bond acceptors (Lipinski definition) is 4. The number of nitrogens with zero attached hydrogens (tertiary/aromatic N) is 3. The van der Waals surface area contributed by atoms with Crippen LogP contribution in [0.2, 0.25) is 0 Å². The van der Waals surface area contributed by atoms with Crippen LogP contribution in [0, 0.1) is 0 Å². The van der Waals surface area contributed by atoms with Crippen molar-refractivity contribution in [1.82, 2.24) is 15.0 Å². The first-order valence-corrected chi connectivity index (χ1v) is 17.8. The van der Waals surface area contributed by atoms with E-state index in [4.69, 9.17) is 19.4 Å². The summed E-state index contributed by atoms with van der Waals surface area (Å²) in [6.07, 6.45) is 0. The molecule has 0 N–H and O–H groups in total. The van der Waals surface area contributed by atoms with Crippen LogP contribution in [0.4, 0.5) is 0 Å². The predicted molar refractivity (Wildman–Crippen MR) is 219 cm³/mol. The zero-order valence-electron chi connectivity index (χ0n) is 28.5. The number of fused-ring (bicyclic) bond motifs is 8. The van der Waals surface area contributed by atoms with Gasteiger partial charge in [0, 0.05) is 27.5 Å². The van der Waals surface area contributed by atoms with Crippen LogP contribution in [-0.2, 0) is 0 Å². The highest BCUT2D eigenvalue weighted by atomic mass is 16.3. The molecule has 4 nitrogen and oxygen atoms in total. The molecular weight excluding hydrogens is 647 g/mol. The Labute approximate surface area is 304 Å². The van der Waals surface area contributed by atoms with Crippen molar-refractivity contribution in [2.75, 3.05) is 0 Å². The van der Waals surface area contributed by atoms with Gasteiger partial charge in [-0.3, -0.25) is 0 Å². The molecular formula is C49H29N3O. The minimum absolute atomic E-state index is 0.622. The molecule has 0 spiro atoms. The summed E-state index contributed by atoms with van der Waals surface area (Å²) >= 11 is 0. The summed E-state index contributed by atoms with van der Waals surface area (Å²) in [5.41, 5.74) is 6.85. The molecule has 0 bridgehead atoms. The quantitative estimate of drug-likeness (QED) is 0.174. The second-order valence-corrected chi connectivity index (χ2v) is 13.6. The van der Waals surface area contributed by atoms with E-state index in [0.29, 0.717) is 17.5 Å². The van der Waals surface area contributed by atoms with Crippen molar-refractivity contribution < 1.29 is 4.42 Å². The number of para-hydroxylation sites is 1. The van der Waals surface area contributed by atoms with Crippen molar-refractivity contribution in [2.24, 2.45) is 0 Å². The van der Waals surface area contributed by atoms with Gasteiger partial charge in [-0.05, 0) is 96.7 Å². The van der Waals surface area contributed by atoms with E-state index in [9.17, 15) is 0 Å². The number of hydrogen-bond donors (Lipinski definition) is 0.